The maximum Gasteiger partial charge on any atom is 0.305 e. The number of methoxy groups -OCH3 is 1. The van der Waals surface area contributed by atoms with Gasteiger partial charge in [0.25, 0.3) is 0 Å². The molecule has 0 saturated carbocycles. The second kappa shape index (κ2) is 8.76. The Labute approximate surface area is 135 Å². The molecule has 1 aromatic rings. The fraction of sp³-hybridized carbons (Fsp3) is 0.500. The molecule has 0 heterocycles. The summed E-state index contributed by atoms with van der Waals surface area (Å²) in [7, 11) is 1.48. The number of carbonyl (C=O) groups is 2. The maximum absolute atomic E-state index is 12.0. The normalized spacial score (nSPS) is 13.4. The van der Waals surface area contributed by atoms with Gasteiger partial charge in [0, 0.05) is 18.6 Å². The van der Waals surface area contributed by atoms with E-state index in [9.17, 15) is 9.59 Å². The number of benzene rings is 1. The van der Waals surface area contributed by atoms with Crippen LogP contribution in [0.1, 0.15) is 31.7 Å². The Hall–Kier alpha value is -1.59. The Morgan fingerprint density at radius 2 is 1.95 bits per heavy atom. The number of aliphatic carboxylic acids is 1. The van der Waals surface area contributed by atoms with Crippen LogP contribution in [-0.4, -0.2) is 36.2 Å². The molecular formula is C16H22ClNO4. The van der Waals surface area contributed by atoms with E-state index in [-0.39, 0.29) is 18.9 Å². The maximum atomic E-state index is 12.0. The van der Waals surface area contributed by atoms with E-state index in [0.717, 1.165) is 12.0 Å². The van der Waals surface area contributed by atoms with Crippen molar-refractivity contribution in [2.24, 2.45) is 0 Å². The Kier molecular flexibility index (Phi) is 7.35. The van der Waals surface area contributed by atoms with Crippen LogP contribution in [0.2, 0.25) is 5.02 Å². The van der Waals surface area contributed by atoms with E-state index in [1.54, 1.807) is 6.92 Å². The van der Waals surface area contributed by atoms with Gasteiger partial charge < -0.3 is 15.2 Å². The minimum Gasteiger partial charge on any atom is -0.481 e. The van der Waals surface area contributed by atoms with Crippen molar-refractivity contribution in [1.29, 1.82) is 0 Å². The summed E-state index contributed by atoms with van der Waals surface area (Å²) in [5.74, 6) is -1.14. The Balaban J connectivity index is 2.43. The average Bonchev–Trinajstić information content (AvgIpc) is 2.39. The average molecular weight is 328 g/mol. The minimum absolute atomic E-state index is 0.155. The zero-order valence-corrected chi connectivity index (χ0v) is 13.7. The van der Waals surface area contributed by atoms with Gasteiger partial charge in [0.05, 0.1) is 18.6 Å². The largest absolute Gasteiger partial charge is 0.481 e. The van der Waals surface area contributed by atoms with Crippen LogP contribution >= 0.6 is 11.6 Å². The standard InChI is InChI=1S/C16H22ClNO4/c1-16(11-22-2,10-15(20)21)18-14(19)5-3-4-12-6-8-13(17)9-7-12/h6-9H,3-5,10-11H2,1-2H3,(H,18,19)(H,20,21). The lowest BCUT2D eigenvalue weighted by atomic mass is 9.98. The van der Waals surface area contributed by atoms with Crippen LogP contribution in [0.25, 0.3) is 0 Å². The molecule has 0 fully saturated rings. The van der Waals surface area contributed by atoms with E-state index in [4.69, 9.17) is 21.4 Å². The molecule has 1 aromatic carbocycles. The van der Waals surface area contributed by atoms with Crippen molar-refractivity contribution >= 4 is 23.5 Å². The van der Waals surface area contributed by atoms with Gasteiger partial charge in [0.15, 0.2) is 0 Å². The summed E-state index contributed by atoms with van der Waals surface area (Å²) in [5, 5.41) is 12.4. The van der Waals surface area contributed by atoms with E-state index >= 15 is 0 Å². The topological polar surface area (TPSA) is 75.6 Å². The second-order valence-corrected chi connectivity index (χ2v) is 6.03. The van der Waals surface area contributed by atoms with Crippen LogP contribution < -0.4 is 5.32 Å². The molecule has 0 aliphatic carbocycles. The quantitative estimate of drug-likeness (QED) is 0.731. The number of carboxylic acids is 1. The first-order chi connectivity index (χ1) is 10.3. The molecule has 1 rings (SSSR count). The van der Waals surface area contributed by atoms with Gasteiger partial charge in [0.1, 0.15) is 0 Å². The molecular weight excluding hydrogens is 306 g/mol. The van der Waals surface area contributed by atoms with Crippen LogP contribution in [0.4, 0.5) is 0 Å². The second-order valence-electron chi connectivity index (χ2n) is 5.59. The first-order valence-electron chi connectivity index (χ1n) is 7.11. The molecule has 1 unspecified atom stereocenters. The van der Waals surface area contributed by atoms with Crippen LogP contribution in [0.5, 0.6) is 0 Å². The van der Waals surface area contributed by atoms with Gasteiger partial charge in [-0.15, -0.1) is 0 Å². The van der Waals surface area contributed by atoms with Crippen molar-refractivity contribution in [3.8, 4) is 0 Å². The summed E-state index contributed by atoms with van der Waals surface area (Å²) in [6.45, 7) is 1.82. The number of rotatable bonds is 9. The lowest BCUT2D eigenvalue weighted by Gasteiger charge is -2.28. The molecule has 0 aromatic heterocycles. The number of carbonyl (C=O) groups excluding carboxylic acids is 1. The summed E-state index contributed by atoms with van der Waals surface area (Å²) in [4.78, 5) is 22.9. The molecule has 6 heteroatoms. The first-order valence-corrected chi connectivity index (χ1v) is 7.48. The molecule has 0 radical (unpaired) electrons. The monoisotopic (exact) mass is 327 g/mol. The summed E-state index contributed by atoms with van der Waals surface area (Å²) in [6.07, 6.45) is 1.61. The van der Waals surface area contributed by atoms with Crippen molar-refractivity contribution in [3.05, 3.63) is 34.9 Å². The Morgan fingerprint density at radius 3 is 2.50 bits per heavy atom. The third-order valence-corrected chi connectivity index (χ3v) is 3.48. The van der Waals surface area contributed by atoms with Crippen LogP contribution in [0, 0.1) is 0 Å². The number of hydrogen-bond donors (Lipinski definition) is 2. The zero-order valence-electron chi connectivity index (χ0n) is 12.9. The minimum atomic E-state index is -0.971. The Morgan fingerprint density at radius 1 is 1.32 bits per heavy atom. The number of hydrogen-bond acceptors (Lipinski definition) is 3. The van der Waals surface area contributed by atoms with Gasteiger partial charge in [0.2, 0.25) is 5.91 Å². The van der Waals surface area contributed by atoms with Gasteiger partial charge in [-0.05, 0) is 37.5 Å². The number of ether oxygens (including phenoxy) is 1. The van der Waals surface area contributed by atoms with E-state index < -0.39 is 11.5 Å². The molecule has 2 N–H and O–H groups in total. The van der Waals surface area contributed by atoms with Crippen molar-refractivity contribution in [2.75, 3.05) is 13.7 Å². The molecule has 0 aliphatic heterocycles. The molecule has 1 amide bonds. The summed E-state index contributed by atoms with van der Waals surface area (Å²) in [6, 6.07) is 7.50. The van der Waals surface area contributed by atoms with Crippen LogP contribution in [-0.2, 0) is 20.7 Å². The van der Waals surface area contributed by atoms with Crippen molar-refractivity contribution in [3.63, 3.8) is 0 Å². The first kappa shape index (κ1) is 18.5. The van der Waals surface area contributed by atoms with Crippen LogP contribution in [0.15, 0.2) is 24.3 Å². The highest BCUT2D eigenvalue weighted by molar-refractivity contribution is 6.30. The van der Waals surface area contributed by atoms with E-state index in [0.29, 0.717) is 17.9 Å². The van der Waals surface area contributed by atoms with E-state index in [1.165, 1.54) is 7.11 Å². The molecule has 0 aliphatic rings. The zero-order chi connectivity index (χ0) is 16.6. The summed E-state index contributed by atoms with van der Waals surface area (Å²) < 4.78 is 5.00. The third kappa shape index (κ3) is 6.91. The van der Waals surface area contributed by atoms with Gasteiger partial charge >= 0.3 is 5.97 Å². The summed E-state index contributed by atoms with van der Waals surface area (Å²) in [5.41, 5.74) is 0.222. The number of carboxylic acid groups (broad SMARTS) is 1. The Bertz CT molecular complexity index is 503. The van der Waals surface area contributed by atoms with Gasteiger partial charge in [-0.25, -0.2) is 0 Å². The molecule has 1 atom stereocenters. The fourth-order valence-electron chi connectivity index (χ4n) is 2.29. The highest BCUT2D eigenvalue weighted by Crippen LogP contribution is 2.13. The fourth-order valence-corrected chi connectivity index (χ4v) is 2.41. The lowest BCUT2D eigenvalue weighted by Crippen LogP contribution is -2.50. The van der Waals surface area contributed by atoms with Crippen molar-refractivity contribution in [1.82, 2.24) is 5.32 Å². The third-order valence-electron chi connectivity index (χ3n) is 3.23. The van der Waals surface area contributed by atoms with E-state index in [1.807, 2.05) is 24.3 Å². The SMILES string of the molecule is COCC(C)(CC(=O)O)NC(=O)CCCc1ccc(Cl)cc1. The molecule has 0 saturated heterocycles. The predicted molar refractivity (Wildman–Crippen MR) is 85.1 cm³/mol. The number of aryl methyl sites for hydroxylation is 1. The smallest absolute Gasteiger partial charge is 0.305 e. The number of halogens is 1. The molecule has 0 spiro atoms. The van der Waals surface area contributed by atoms with Crippen molar-refractivity contribution < 1.29 is 19.4 Å². The highest BCUT2D eigenvalue weighted by Gasteiger charge is 2.29. The van der Waals surface area contributed by atoms with Crippen molar-refractivity contribution in [2.45, 2.75) is 38.1 Å². The number of amides is 1. The van der Waals surface area contributed by atoms with Crippen LogP contribution in [0.3, 0.4) is 0 Å². The number of nitrogens with one attached hydrogen (secondary N) is 1. The van der Waals surface area contributed by atoms with Gasteiger partial charge in [-0.1, -0.05) is 23.7 Å². The molecule has 22 heavy (non-hydrogen) atoms. The molecule has 5 nitrogen and oxygen atoms in total. The highest BCUT2D eigenvalue weighted by atomic mass is 35.5. The predicted octanol–water partition coefficient (Wildman–Crippen LogP) is 2.66. The van der Waals surface area contributed by atoms with Gasteiger partial charge in [-0.3, -0.25) is 9.59 Å². The molecule has 122 valence electrons. The lowest BCUT2D eigenvalue weighted by molar-refractivity contribution is -0.139. The summed E-state index contributed by atoms with van der Waals surface area (Å²) >= 11 is 5.82. The van der Waals surface area contributed by atoms with E-state index in [2.05, 4.69) is 5.32 Å². The molecule has 0 bridgehead atoms. The van der Waals surface area contributed by atoms with Gasteiger partial charge in [-0.2, -0.15) is 0 Å².